The van der Waals surface area contributed by atoms with Crippen LogP contribution in [0.1, 0.15) is 6.92 Å². The Labute approximate surface area is 96.2 Å². The van der Waals surface area contributed by atoms with Crippen molar-refractivity contribution in [2.75, 3.05) is 6.61 Å². The number of hydrogen-bond acceptors (Lipinski definition) is 3. The van der Waals surface area contributed by atoms with E-state index in [1.807, 2.05) is 37.3 Å². The van der Waals surface area contributed by atoms with Crippen molar-refractivity contribution in [1.82, 2.24) is 5.16 Å². The predicted octanol–water partition coefficient (Wildman–Crippen LogP) is 3.50. The van der Waals surface area contributed by atoms with Gasteiger partial charge in [0, 0.05) is 11.6 Å². The van der Waals surface area contributed by atoms with Gasteiger partial charge in [-0.25, -0.2) is 0 Å². The van der Waals surface area contributed by atoms with Gasteiger partial charge in [0.15, 0.2) is 0 Å². The molecule has 1 aromatic carbocycles. The molecule has 0 N–H and O–H groups in total. The van der Waals surface area contributed by atoms with Gasteiger partial charge in [-0.2, -0.15) is 0 Å². The molecule has 0 atom stereocenters. The minimum absolute atomic E-state index is 0.631. The summed E-state index contributed by atoms with van der Waals surface area (Å²) in [5.74, 6) is 0.865. The average molecular weight is 268 g/mol. The van der Waals surface area contributed by atoms with E-state index >= 15 is 0 Å². The van der Waals surface area contributed by atoms with Gasteiger partial charge in [0.2, 0.25) is 4.67 Å². The van der Waals surface area contributed by atoms with Crippen molar-refractivity contribution in [2.24, 2.45) is 0 Å². The molecule has 2 aromatic rings. The van der Waals surface area contributed by atoms with Crippen LogP contribution in [0.15, 0.2) is 39.5 Å². The fourth-order valence-corrected chi connectivity index (χ4v) is 1.57. The summed E-state index contributed by atoms with van der Waals surface area (Å²) in [6.45, 7) is 2.64. The van der Waals surface area contributed by atoms with Crippen LogP contribution in [0.5, 0.6) is 5.75 Å². The van der Waals surface area contributed by atoms with Crippen LogP contribution in [0.4, 0.5) is 0 Å². The fourth-order valence-electron chi connectivity index (χ4n) is 1.28. The zero-order valence-corrected chi connectivity index (χ0v) is 9.82. The monoisotopic (exact) mass is 267 g/mol. The Morgan fingerprint density at radius 3 is 2.60 bits per heavy atom. The molecule has 0 unspecified atom stereocenters. The Balaban J connectivity index is 2.23. The van der Waals surface area contributed by atoms with E-state index in [0.29, 0.717) is 11.3 Å². The second kappa shape index (κ2) is 4.49. The summed E-state index contributed by atoms with van der Waals surface area (Å²) in [7, 11) is 0. The van der Waals surface area contributed by atoms with Gasteiger partial charge in [-0.05, 0) is 47.1 Å². The maximum atomic E-state index is 5.35. The van der Waals surface area contributed by atoms with Gasteiger partial charge < -0.3 is 9.26 Å². The molecule has 0 aliphatic rings. The topological polar surface area (TPSA) is 35.3 Å². The fraction of sp³-hybridized carbons (Fsp3) is 0.182. The third-order valence-corrected chi connectivity index (χ3v) is 2.32. The zero-order valence-electron chi connectivity index (χ0n) is 8.24. The maximum Gasteiger partial charge on any atom is 0.202 e. The average Bonchev–Trinajstić information content (AvgIpc) is 2.67. The minimum atomic E-state index is 0.631. The van der Waals surface area contributed by atoms with E-state index in [-0.39, 0.29) is 0 Å². The van der Waals surface area contributed by atoms with E-state index in [2.05, 4.69) is 21.1 Å². The minimum Gasteiger partial charge on any atom is -0.494 e. The van der Waals surface area contributed by atoms with Crippen LogP contribution < -0.4 is 4.74 Å². The molecule has 0 saturated carbocycles. The summed E-state index contributed by atoms with van der Waals surface area (Å²) < 4.78 is 10.9. The first kappa shape index (κ1) is 10.2. The third kappa shape index (κ3) is 2.39. The highest BCUT2D eigenvalue weighted by Gasteiger charge is 2.04. The number of rotatable bonds is 3. The SMILES string of the molecule is CCOc1ccc(-c2cc(Br)on2)cc1. The molecular formula is C11H10BrNO2. The van der Waals surface area contributed by atoms with Crippen LogP contribution in [0.2, 0.25) is 0 Å². The number of hydrogen-bond donors (Lipinski definition) is 0. The highest BCUT2D eigenvalue weighted by molar-refractivity contribution is 9.10. The predicted molar refractivity (Wildman–Crippen MR) is 60.8 cm³/mol. The van der Waals surface area contributed by atoms with Gasteiger partial charge >= 0.3 is 0 Å². The summed E-state index contributed by atoms with van der Waals surface area (Å²) in [5.41, 5.74) is 1.82. The summed E-state index contributed by atoms with van der Waals surface area (Å²) in [5, 5.41) is 3.90. The van der Waals surface area contributed by atoms with Crippen molar-refractivity contribution < 1.29 is 9.26 Å². The number of ether oxygens (including phenoxy) is 1. The molecule has 0 aliphatic carbocycles. The van der Waals surface area contributed by atoms with E-state index < -0.39 is 0 Å². The Kier molecular flexibility index (Phi) is 3.06. The van der Waals surface area contributed by atoms with Crippen LogP contribution in [-0.4, -0.2) is 11.8 Å². The molecule has 15 heavy (non-hydrogen) atoms. The largest absolute Gasteiger partial charge is 0.494 e. The smallest absolute Gasteiger partial charge is 0.202 e. The third-order valence-electron chi connectivity index (χ3n) is 1.94. The van der Waals surface area contributed by atoms with Gasteiger partial charge in [-0.1, -0.05) is 5.16 Å². The summed E-state index contributed by atoms with van der Waals surface area (Å²) >= 11 is 3.21. The molecular weight excluding hydrogens is 258 g/mol. The van der Waals surface area contributed by atoms with Gasteiger partial charge in [0.05, 0.1) is 6.61 Å². The van der Waals surface area contributed by atoms with Gasteiger partial charge in [-0.15, -0.1) is 0 Å². The van der Waals surface area contributed by atoms with Crippen molar-refractivity contribution in [3.05, 3.63) is 35.0 Å². The van der Waals surface area contributed by atoms with E-state index in [4.69, 9.17) is 9.26 Å². The van der Waals surface area contributed by atoms with E-state index in [1.165, 1.54) is 0 Å². The molecule has 78 valence electrons. The van der Waals surface area contributed by atoms with Crippen molar-refractivity contribution in [1.29, 1.82) is 0 Å². The molecule has 0 radical (unpaired) electrons. The van der Waals surface area contributed by atoms with E-state index in [9.17, 15) is 0 Å². The van der Waals surface area contributed by atoms with Gasteiger partial charge in [0.1, 0.15) is 11.4 Å². The first-order chi connectivity index (χ1) is 7.29. The van der Waals surface area contributed by atoms with Crippen molar-refractivity contribution in [3.8, 4) is 17.0 Å². The van der Waals surface area contributed by atoms with Crippen LogP contribution in [0.3, 0.4) is 0 Å². The Morgan fingerprint density at radius 1 is 1.33 bits per heavy atom. The second-order valence-electron chi connectivity index (χ2n) is 2.97. The highest BCUT2D eigenvalue weighted by Crippen LogP contribution is 2.23. The number of nitrogens with zero attached hydrogens (tertiary/aromatic N) is 1. The van der Waals surface area contributed by atoms with E-state index in [1.54, 1.807) is 0 Å². The molecule has 3 nitrogen and oxygen atoms in total. The van der Waals surface area contributed by atoms with Crippen LogP contribution in [0.25, 0.3) is 11.3 Å². The lowest BCUT2D eigenvalue weighted by molar-refractivity contribution is 0.340. The second-order valence-corrected chi connectivity index (χ2v) is 3.76. The molecule has 0 amide bonds. The van der Waals surface area contributed by atoms with Crippen LogP contribution in [0, 0.1) is 0 Å². The van der Waals surface area contributed by atoms with Gasteiger partial charge in [0.25, 0.3) is 0 Å². The van der Waals surface area contributed by atoms with Gasteiger partial charge in [-0.3, -0.25) is 0 Å². The molecule has 0 bridgehead atoms. The molecule has 0 fully saturated rings. The summed E-state index contributed by atoms with van der Waals surface area (Å²) in [4.78, 5) is 0. The molecule has 1 aromatic heterocycles. The Bertz CT molecular complexity index is 436. The van der Waals surface area contributed by atoms with Crippen molar-refractivity contribution in [3.63, 3.8) is 0 Å². The zero-order chi connectivity index (χ0) is 10.7. The van der Waals surface area contributed by atoms with Crippen molar-refractivity contribution >= 4 is 15.9 Å². The molecule has 0 aliphatic heterocycles. The molecule has 2 rings (SSSR count). The molecule has 0 saturated heterocycles. The first-order valence-corrected chi connectivity index (χ1v) is 5.44. The quantitative estimate of drug-likeness (QED) is 0.854. The first-order valence-electron chi connectivity index (χ1n) is 4.65. The standard InChI is InChI=1S/C11H10BrNO2/c1-2-14-9-5-3-8(4-6-9)10-7-11(12)15-13-10/h3-7H,2H2,1H3. The Morgan fingerprint density at radius 2 is 2.07 bits per heavy atom. The van der Waals surface area contributed by atoms with Crippen molar-refractivity contribution in [2.45, 2.75) is 6.92 Å². The number of benzene rings is 1. The summed E-state index contributed by atoms with van der Waals surface area (Å²) in [6.07, 6.45) is 0. The van der Waals surface area contributed by atoms with Crippen LogP contribution >= 0.6 is 15.9 Å². The number of halogens is 1. The maximum absolute atomic E-state index is 5.35. The highest BCUT2D eigenvalue weighted by atomic mass is 79.9. The summed E-state index contributed by atoms with van der Waals surface area (Å²) in [6, 6.07) is 9.57. The molecule has 1 heterocycles. The lowest BCUT2D eigenvalue weighted by Crippen LogP contribution is -1.90. The normalized spacial score (nSPS) is 10.3. The van der Waals surface area contributed by atoms with Crippen LogP contribution in [-0.2, 0) is 0 Å². The Hall–Kier alpha value is -1.29. The molecule has 4 heteroatoms. The lowest BCUT2D eigenvalue weighted by Gasteiger charge is -2.02. The number of aromatic nitrogens is 1. The molecule has 0 spiro atoms. The van der Waals surface area contributed by atoms with E-state index in [0.717, 1.165) is 17.0 Å². The lowest BCUT2D eigenvalue weighted by atomic mass is 10.1.